The molecule has 104 valence electrons. The smallest absolute Gasteiger partial charge is 0.217 e. The van der Waals surface area contributed by atoms with E-state index in [1.54, 1.807) is 17.0 Å². The zero-order valence-corrected chi connectivity index (χ0v) is 13.4. The molecule has 0 aliphatic heterocycles. The minimum absolute atomic E-state index is 0.0868. The van der Waals surface area contributed by atoms with Gasteiger partial charge in [0.25, 0.3) is 0 Å². The van der Waals surface area contributed by atoms with E-state index < -0.39 is 0 Å². The summed E-state index contributed by atoms with van der Waals surface area (Å²) in [5, 5.41) is 12.5. The largest absolute Gasteiger partial charge is 0.308 e. The van der Waals surface area contributed by atoms with Crippen LogP contribution in [0.2, 0.25) is 0 Å². The van der Waals surface area contributed by atoms with Crippen LogP contribution in [0.15, 0.2) is 35.1 Å². The normalized spacial score (nSPS) is 11.3. The second-order valence-corrected chi connectivity index (χ2v) is 6.48. The Labute approximate surface area is 127 Å². The molecule has 0 aliphatic rings. The summed E-state index contributed by atoms with van der Waals surface area (Å²) in [6.07, 6.45) is 3.41. The van der Waals surface area contributed by atoms with Gasteiger partial charge in [-0.2, -0.15) is 5.26 Å². The van der Waals surface area contributed by atoms with Crippen LogP contribution >= 0.6 is 15.9 Å². The first kappa shape index (κ1) is 14.8. The van der Waals surface area contributed by atoms with Crippen LogP contribution in [0.3, 0.4) is 0 Å². The molecule has 0 unspecified atom stereocenters. The number of rotatable bonds is 3. The minimum Gasteiger partial charge on any atom is -0.308 e. The standard InChI is InChI=1S/C15H17BrN4/c1-15(2,3)19-10-11-4-5-13(12(16)8-11)20-7-6-18-14(20)9-17/h4-8,19H,10H2,1-3H3. The van der Waals surface area contributed by atoms with Crippen molar-refractivity contribution in [1.82, 2.24) is 14.9 Å². The lowest BCUT2D eigenvalue weighted by molar-refractivity contribution is 0.424. The zero-order chi connectivity index (χ0) is 14.8. The fraction of sp³-hybridized carbons (Fsp3) is 0.333. The van der Waals surface area contributed by atoms with Gasteiger partial charge < -0.3 is 5.32 Å². The van der Waals surface area contributed by atoms with E-state index in [0.29, 0.717) is 5.82 Å². The minimum atomic E-state index is 0.0868. The maximum absolute atomic E-state index is 9.03. The molecular weight excluding hydrogens is 316 g/mol. The van der Waals surface area contributed by atoms with E-state index in [2.05, 4.69) is 65.2 Å². The van der Waals surface area contributed by atoms with Crippen LogP contribution in [0.1, 0.15) is 32.2 Å². The third-order valence-electron chi connectivity index (χ3n) is 2.84. The summed E-state index contributed by atoms with van der Waals surface area (Å²) in [5.74, 6) is 0.381. The average Bonchev–Trinajstić information content (AvgIpc) is 2.83. The van der Waals surface area contributed by atoms with Crippen molar-refractivity contribution < 1.29 is 0 Å². The van der Waals surface area contributed by atoms with Gasteiger partial charge in [0.2, 0.25) is 5.82 Å². The van der Waals surface area contributed by atoms with Gasteiger partial charge in [0, 0.05) is 29.0 Å². The van der Waals surface area contributed by atoms with Crippen molar-refractivity contribution in [2.75, 3.05) is 0 Å². The number of nitriles is 1. The highest BCUT2D eigenvalue weighted by Crippen LogP contribution is 2.23. The number of halogens is 1. The molecule has 0 atom stereocenters. The van der Waals surface area contributed by atoms with Gasteiger partial charge in [0.15, 0.2) is 0 Å². The van der Waals surface area contributed by atoms with Crippen LogP contribution in [0.25, 0.3) is 5.69 Å². The average molecular weight is 333 g/mol. The molecule has 0 radical (unpaired) electrons. The van der Waals surface area contributed by atoms with E-state index >= 15 is 0 Å². The van der Waals surface area contributed by atoms with Gasteiger partial charge >= 0.3 is 0 Å². The van der Waals surface area contributed by atoms with Gasteiger partial charge in [-0.05, 0) is 54.4 Å². The molecule has 2 aromatic rings. The molecule has 0 fully saturated rings. The first-order valence-electron chi connectivity index (χ1n) is 6.38. The van der Waals surface area contributed by atoms with E-state index in [1.165, 1.54) is 5.56 Å². The molecule has 1 N–H and O–H groups in total. The van der Waals surface area contributed by atoms with Crippen molar-refractivity contribution in [1.29, 1.82) is 5.26 Å². The molecule has 0 amide bonds. The monoisotopic (exact) mass is 332 g/mol. The van der Waals surface area contributed by atoms with E-state index in [0.717, 1.165) is 16.7 Å². The first-order chi connectivity index (χ1) is 9.40. The van der Waals surface area contributed by atoms with E-state index in [4.69, 9.17) is 5.26 Å². The second kappa shape index (κ2) is 5.78. The predicted octanol–water partition coefficient (Wildman–Crippen LogP) is 3.39. The van der Waals surface area contributed by atoms with Crippen LogP contribution < -0.4 is 5.32 Å². The predicted molar refractivity (Wildman–Crippen MR) is 82.6 cm³/mol. The Kier molecular flexibility index (Phi) is 4.26. The number of nitrogens with one attached hydrogen (secondary N) is 1. The van der Waals surface area contributed by atoms with Gasteiger partial charge in [-0.15, -0.1) is 0 Å². The molecule has 0 saturated carbocycles. The molecular formula is C15H17BrN4. The lowest BCUT2D eigenvalue weighted by Crippen LogP contribution is -2.35. The van der Waals surface area contributed by atoms with Crippen molar-refractivity contribution in [2.45, 2.75) is 32.9 Å². The summed E-state index contributed by atoms with van der Waals surface area (Å²) >= 11 is 3.57. The maximum atomic E-state index is 9.03. The highest BCUT2D eigenvalue weighted by atomic mass is 79.9. The summed E-state index contributed by atoms with van der Waals surface area (Å²) in [6, 6.07) is 8.19. The number of aromatic nitrogens is 2. The summed E-state index contributed by atoms with van der Waals surface area (Å²) < 4.78 is 2.71. The Morgan fingerprint density at radius 2 is 2.15 bits per heavy atom. The lowest BCUT2D eigenvalue weighted by atomic mass is 10.1. The third-order valence-corrected chi connectivity index (χ3v) is 3.47. The molecule has 0 spiro atoms. The van der Waals surface area contributed by atoms with Gasteiger partial charge in [-0.25, -0.2) is 4.98 Å². The maximum Gasteiger partial charge on any atom is 0.217 e. The summed E-state index contributed by atoms with van der Waals surface area (Å²) in [7, 11) is 0. The van der Waals surface area contributed by atoms with Gasteiger partial charge in [0.05, 0.1) is 5.69 Å². The molecule has 20 heavy (non-hydrogen) atoms. The topological polar surface area (TPSA) is 53.6 Å². The lowest BCUT2D eigenvalue weighted by Gasteiger charge is -2.20. The molecule has 0 aliphatic carbocycles. The van der Waals surface area contributed by atoms with Gasteiger partial charge in [0.1, 0.15) is 6.07 Å². The zero-order valence-electron chi connectivity index (χ0n) is 11.8. The first-order valence-corrected chi connectivity index (χ1v) is 7.17. The molecule has 2 rings (SSSR count). The van der Waals surface area contributed by atoms with E-state index in [9.17, 15) is 0 Å². The molecule has 1 aromatic heterocycles. The number of benzene rings is 1. The molecule has 0 saturated heterocycles. The fourth-order valence-corrected chi connectivity index (χ4v) is 2.42. The van der Waals surface area contributed by atoms with E-state index in [-0.39, 0.29) is 5.54 Å². The van der Waals surface area contributed by atoms with Crippen LogP contribution in [0.5, 0.6) is 0 Å². The van der Waals surface area contributed by atoms with E-state index in [1.807, 2.05) is 6.07 Å². The highest BCUT2D eigenvalue weighted by Gasteiger charge is 2.11. The second-order valence-electron chi connectivity index (χ2n) is 5.62. The summed E-state index contributed by atoms with van der Waals surface area (Å²) in [5.41, 5.74) is 2.19. The van der Waals surface area contributed by atoms with Crippen molar-refractivity contribution in [3.63, 3.8) is 0 Å². The molecule has 5 heteroatoms. The highest BCUT2D eigenvalue weighted by molar-refractivity contribution is 9.10. The summed E-state index contributed by atoms with van der Waals surface area (Å²) in [4.78, 5) is 4.01. The SMILES string of the molecule is CC(C)(C)NCc1ccc(-n2ccnc2C#N)c(Br)c1. The number of nitrogens with zero attached hydrogens (tertiary/aromatic N) is 3. The molecule has 4 nitrogen and oxygen atoms in total. The van der Waals surface area contributed by atoms with Crippen LogP contribution in [0.4, 0.5) is 0 Å². The number of hydrogen-bond acceptors (Lipinski definition) is 3. The molecule has 0 bridgehead atoms. The molecule has 1 aromatic carbocycles. The fourth-order valence-electron chi connectivity index (χ4n) is 1.80. The van der Waals surface area contributed by atoms with Crippen LogP contribution in [-0.2, 0) is 6.54 Å². The number of imidazole rings is 1. The van der Waals surface area contributed by atoms with Crippen LogP contribution in [-0.4, -0.2) is 15.1 Å². The Morgan fingerprint density at radius 3 is 2.75 bits per heavy atom. The Morgan fingerprint density at radius 1 is 1.40 bits per heavy atom. The van der Waals surface area contributed by atoms with Crippen molar-refractivity contribution in [3.8, 4) is 11.8 Å². The van der Waals surface area contributed by atoms with Gasteiger partial charge in [-0.3, -0.25) is 4.57 Å². The van der Waals surface area contributed by atoms with Crippen molar-refractivity contribution >= 4 is 15.9 Å². The molecule has 1 heterocycles. The Bertz CT molecular complexity index is 647. The van der Waals surface area contributed by atoms with Crippen molar-refractivity contribution in [2.24, 2.45) is 0 Å². The van der Waals surface area contributed by atoms with Crippen LogP contribution in [0, 0.1) is 11.3 Å². The third kappa shape index (κ3) is 3.47. The summed E-state index contributed by atoms with van der Waals surface area (Å²) in [6.45, 7) is 7.22. The Hall–Kier alpha value is -1.64. The van der Waals surface area contributed by atoms with Crippen molar-refractivity contribution in [3.05, 3.63) is 46.5 Å². The van der Waals surface area contributed by atoms with Gasteiger partial charge in [-0.1, -0.05) is 6.07 Å². The quantitative estimate of drug-likeness (QED) is 0.937. The number of hydrogen-bond donors (Lipinski definition) is 1. The Balaban J connectivity index is 2.25.